The maximum atomic E-state index is 11.0. The summed E-state index contributed by atoms with van der Waals surface area (Å²) >= 11 is 0. The van der Waals surface area contributed by atoms with E-state index in [9.17, 15) is 4.79 Å². The van der Waals surface area contributed by atoms with E-state index in [-0.39, 0.29) is 5.91 Å². The van der Waals surface area contributed by atoms with Crippen LogP contribution in [0.1, 0.15) is 21.5 Å². The van der Waals surface area contributed by atoms with Crippen LogP contribution < -0.4 is 11.5 Å². The predicted molar refractivity (Wildman–Crippen MR) is 65.1 cm³/mol. The van der Waals surface area contributed by atoms with Crippen LogP contribution in [0, 0.1) is 6.92 Å². The fourth-order valence-electron chi connectivity index (χ4n) is 1.62. The molecule has 1 amide bonds. The summed E-state index contributed by atoms with van der Waals surface area (Å²) in [5.74, 6) is -0.384. The van der Waals surface area contributed by atoms with Gasteiger partial charge < -0.3 is 16.4 Å². The highest BCUT2D eigenvalue weighted by Gasteiger charge is 2.06. The van der Waals surface area contributed by atoms with Crippen molar-refractivity contribution in [1.82, 2.24) is 4.90 Å². The van der Waals surface area contributed by atoms with Gasteiger partial charge in [-0.05, 0) is 37.2 Å². The van der Waals surface area contributed by atoms with Crippen LogP contribution >= 0.6 is 0 Å². The van der Waals surface area contributed by atoms with Gasteiger partial charge in [0.2, 0.25) is 5.91 Å². The Morgan fingerprint density at radius 3 is 2.62 bits per heavy atom. The summed E-state index contributed by atoms with van der Waals surface area (Å²) in [6, 6.07) is 5.54. The lowest BCUT2D eigenvalue weighted by atomic mass is 10.0. The number of nitrogens with zero attached hydrogens (tertiary/aromatic N) is 1. The van der Waals surface area contributed by atoms with E-state index in [1.165, 1.54) is 5.56 Å². The standard InChI is InChI=1S/C12H19N3O/c1-9-7-10(12(14)16)3-4-11(9)8-15(2)6-5-13/h3-4,7H,5-6,8,13H2,1-2H3,(H2,14,16). The molecule has 0 saturated carbocycles. The first-order valence-electron chi connectivity index (χ1n) is 5.32. The second-order valence-corrected chi connectivity index (χ2v) is 4.03. The summed E-state index contributed by atoms with van der Waals surface area (Å²) in [6.45, 7) is 4.33. The number of benzene rings is 1. The van der Waals surface area contributed by atoms with E-state index in [1.807, 2.05) is 26.1 Å². The highest BCUT2D eigenvalue weighted by molar-refractivity contribution is 5.93. The molecule has 1 aromatic rings. The van der Waals surface area contributed by atoms with Gasteiger partial charge in [0, 0.05) is 25.2 Å². The second-order valence-electron chi connectivity index (χ2n) is 4.03. The van der Waals surface area contributed by atoms with Crippen LogP contribution in [0.25, 0.3) is 0 Å². The second kappa shape index (κ2) is 5.63. The topological polar surface area (TPSA) is 72.4 Å². The van der Waals surface area contributed by atoms with Gasteiger partial charge in [-0.3, -0.25) is 4.79 Å². The molecule has 1 rings (SSSR count). The number of nitrogens with two attached hydrogens (primary N) is 2. The molecule has 0 radical (unpaired) electrons. The van der Waals surface area contributed by atoms with Crippen molar-refractivity contribution in [3.63, 3.8) is 0 Å². The first-order chi connectivity index (χ1) is 7.54. The summed E-state index contributed by atoms with van der Waals surface area (Å²) in [6.07, 6.45) is 0. The molecule has 4 N–H and O–H groups in total. The molecule has 0 saturated heterocycles. The number of primary amides is 1. The van der Waals surface area contributed by atoms with Crippen molar-refractivity contribution in [2.45, 2.75) is 13.5 Å². The average molecular weight is 221 g/mol. The summed E-state index contributed by atoms with van der Waals surface area (Å²) in [7, 11) is 2.02. The van der Waals surface area contributed by atoms with Crippen LogP contribution in [0.4, 0.5) is 0 Å². The third-order valence-corrected chi connectivity index (χ3v) is 2.58. The molecular formula is C12H19N3O. The van der Waals surface area contributed by atoms with Gasteiger partial charge in [0.05, 0.1) is 0 Å². The Morgan fingerprint density at radius 1 is 1.44 bits per heavy atom. The third-order valence-electron chi connectivity index (χ3n) is 2.58. The molecule has 4 nitrogen and oxygen atoms in total. The zero-order valence-electron chi connectivity index (χ0n) is 9.86. The fourth-order valence-corrected chi connectivity index (χ4v) is 1.62. The minimum atomic E-state index is -0.384. The SMILES string of the molecule is Cc1cc(C(N)=O)ccc1CN(C)CCN. The molecule has 0 aromatic heterocycles. The number of aryl methyl sites for hydroxylation is 1. The molecule has 0 spiro atoms. The highest BCUT2D eigenvalue weighted by atomic mass is 16.1. The minimum absolute atomic E-state index is 0.384. The number of carbonyl (C=O) groups excluding carboxylic acids is 1. The van der Waals surface area contributed by atoms with Crippen LogP contribution in [0.15, 0.2) is 18.2 Å². The molecule has 1 aromatic carbocycles. The van der Waals surface area contributed by atoms with Gasteiger partial charge in [-0.1, -0.05) is 6.07 Å². The summed E-state index contributed by atoms with van der Waals surface area (Å²) in [5, 5.41) is 0. The fraction of sp³-hybridized carbons (Fsp3) is 0.417. The molecule has 88 valence electrons. The van der Waals surface area contributed by atoms with E-state index in [1.54, 1.807) is 6.07 Å². The zero-order chi connectivity index (χ0) is 12.1. The number of hydrogen-bond acceptors (Lipinski definition) is 3. The van der Waals surface area contributed by atoms with Crippen molar-refractivity contribution in [1.29, 1.82) is 0 Å². The average Bonchev–Trinajstić information content (AvgIpc) is 2.21. The van der Waals surface area contributed by atoms with Crippen molar-refractivity contribution in [3.05, 3.63) is 34.9 Å². The third kappa shape index (κ3) is 3.32. The van der Waals surface area contributed by atoms with E-state index in [0.717, 1.165) is 18.7 Å². The Kier molecular flexibility index (Phi) is 4.46. The number of hydrogen-bond donors (Lipinski definition) is 2. The molecule has 0 unspecified atom stereocenters. The van der Waals surface area contributed by atoms with Gasteiger partial charge >= 0.3 is 0 Å². The van der Waals surface area contributed by atoms with E-state index in [4.69, 9.17) is 11.5 Å². The summed E-state index contributed by atoms with van der Waals surface area (Å²) < 4.78 is 0. The number of rotatable bonds is 5. The summed E-state index contributed by atoms with van der Waals surface area (Å²) in [5.41, 5.74) is 13.5. The van der Waals surface area contributed by atoms with E-state index >= 15 is 0 Å². The quantitative estimate of drug-likeness (QED) is 0.759. The summed E-state index contributed by atoms with van der Waals surface area (Å²) in [4.78, 5) is 13.1. The molecule has 0 aliphatic heterocycles. The molecule has 0 atom stereocenters. The van der Waals surface area contributed by atoms with Crippen molar-refractivity contribution in [3.8, 4) is 0 Å². The van der Waals surface area contributed by atoms with Crippen molar-refractivity contribution >= 4 is 5.91 Å². The first kappa shape index (κ1) is 12.7. The molecular weight excluding hydrogens is 202 g/mol. The molecule has 0 bridgehead atoms. The Morgan fingerprint density at radius 2 is 2.12 bits per heavy atom. The van der Waals surface area contributed by atoms with Crippen LogP contribution in [-0.4, -0.2) is 30.9 Å². The van der Waals surface area contributed by atoms with Crippen molar-refractivity contribution in [2.24, 2.45) is 11.5 Å². The van der Waals surface area contributed by atoms with Gasteiger partial charge in [-0.15, -0.1) is 0 Å². The minimum Gasteiger partial charge on any atom is -0.366 e. The maximum absolute atomic E-state index is 11.0. The molecule has 0 aliphatic carbocycles. The molecule has 4 heteroatoms. The Hall–Kier alpha value is -1.39. The predicted octanol–water partition coefficient (Wildman–Crippen LogP) is 0.484. The van der Waals surface area contributed by atoms with Gasteiger partial charge in [0.15, 0.2) is 0 Å². The van der Waals surface area contributed by atoms with E-state index in [0.29, 0.717) is 12.1 Å². The lowest BCUT2D eigenvalue weighted by Gasteiger charge is -2.17. The largest absolute Gasteiger partial charge is 0.366 e. The number of amides is 1. The molecule has 0 aliphatic rings. The first-order valence-corrected chi connectivity index (χ1v) is 5.32. The van der Waals surface area contributed by atoms with E-state index in [2.05, 4.69) is 4.90 Å². The monoisotopic (exact) mass is 221 g/mol. The van der Waals surface area contributed by atoms with Crippen molar-refractivity contribution < 1.29 is 4.79 Å². The zero-order valence-corrected chi connectivity index (χ0v) is 9.86. The maximum Gasteiger partial charge on any atom is 0.248 e. The van der Waals surface area contributed by atoms with E-state index < -0.39 is 0 Å². The van der Waals surface area contributed by atoms with Crippen LogP contribution in [0.3, 0.4) is 0 Å². The van der Waals surface area contributed by atoms with Crippen LogP contribution in [0.2, 0.25) is 0 Å². The number of carbonyl (C=O) groups is 1. The molecule has 0 heterocycles. The lowest BCUT2D eigenvalue weighted by Crippen LogP contribution is -2.25. The lowest BCUT2D eigenvalue weighted by molar-refractivity contribution is 0.1000. The molecule has 0 fully saturated rings. The molecule has 16 heavy (non-hydrogen) atoms. The Balaban J connectivity index is 2.79. The Labute approximate surface area is 96.2 Å². The number of likely N-dealkylation sites (N-methyl/N-ethyl adjacent to an activating group) is 1. The van der Waals surface area contributed by atoms with Gasteiger partial charge in [0.1, 0.15) is 0 Å². The van der Waals surface area contributed by atoms with Gasteiger partial charge in [-0.2, -0.15) is 0 Å². The van der Waals surface area contributed by atoms with Crippen molar-refractivity contribution in [2.75, 3.05) is 20.1 Å². The van der Waals surface area contributed by atoms with Gasteiger partial charge in [-0.25, -0.2) is 0 Å². The normalized spacial score (nSPS) is 10.8. The van der Waals surface area contributed by atoms with Crippen LogP contribution in [0.5, 0.6) is 0 Å². The van der Waals surface area contributed by atoms with Gasteiger partial charge in [0.25, 0.3) is 0 Å². The smallest absolute Gasteiger partial charge is 0.248 e. The Bertz CT molecular complexity index is 377. The van der Waals surface area contributed by atoms with Crippen LogP contribution in [-0.2, 0) is 6.54 Å². The highest BCUT2D eigenvalue weighted by Crippen LogP contribution is 2.12.